The summed E-state index contributed by atoms with van der Waals surface area (Å²) >= 11 is 1.36. The molecular weight excluding hydrogens is 478 g/mol. The number of amides is 1. The number of hydrogen-bond donors (Lipinski definition) is 1. The van der Waals surface area contributed by atoms with Gasteiger partial charge in [0.2, 0.25) is 5.91 Å². The highest BCUT2D eigenvalue weighted by Gasteiger charge is 2.19. The molecule has 0 aliphatic carbocycles. The average Bonchev–Trinajstić information content (AvgIpc) is 3.32. The van der Waals surface area contributed by atoms with E-state index in [1.807, 2.05) is 97.3 Å². The van der Waals surface area contributed by atoms with E-state index in [1.165, 1.54) is 11.8 Å². The van der Waals surface area contributed by atoms with Crippen LogP contribution in [-0.4, -0.2) is 31.4 Å². The first-order valence-corrected chi connectivity index (χ1v) is 13.0. The molecule has 0 bridgehead atoms. The number of rotatable bonds is 8. The molecule has 6 nitrogen and oxygen atoms in total. The van der Waals surface area contributed by atoms with E-state index >= 15 is 0 Å². The summed E-state index contributed by atoms with van der Waals surface area (Å²) in [5.41, 5.74) is 6.67. The summed E-state index contributed by atoms with van der Waals surface area (Å²) in [6.45, 7) is 8.44. The molecule has 0 saturated heterocycles. The van der Waals surface area contributed by atoms with Gasteiger partial charge in [-0.05, 0) is 43.2 Å². The zero-order chi connectivity index (χ0) is 25.8. The second kappa shape index (κ2) is 10.8. The number of hydrogen-bond acceptors (Lipinski definition) is 5. The van der Waals surface area contributed by atoms with E-state index in [2.05, 4.69) is 28.2 Å². The lowest BCUT2D eigenvalue weighted by Gasteiger charge is -2.12. The van der Waals surface area contributed by atoms with Crippen LogP contribution in [-0.2, 0) is 11.3 Å². The summed E-state index contributed by atoms with van der Waals surface area (Å²) in [5.74, 6) is 0.844. The van der Waals surface area contributed by atoms with Crippen molar-refractivity contribution in [1.82, 2.24) is 19.7 Å². The summed E-state index contributed by atoms with van der Waals surface area (Å²) in [7, 11) is 0. The number of anilines is 1. The first-order chi connectivity index (χ1) is 18.0. The number of carbonyl (C=O) groups is 1. The Labute approximate surface area is 220 Å². The minimum Gasteiger partial charge on any atom is -0.325 e. The minimum absolute atomic E-state index is 0.0888. The van der Waals surface area contributed by atoms with Crippen LogP contribution in [0.1, 0.15) is 11.1 Å². The molecule has 0 spiro atoms. The van der Waals surface area contributed by atoms with Crippen molar-refractivity contribution >= 4 is 34.3 Å². The molecule has 2 aromatic heterocycles. The number of aromatic nitrogens is 4. The van der Waals surface area contributed by atoms with Crippen molar-refractivity contribution in [2.45, 2.75) is 25.5 Å². The zero-order valence-electron chi connectivity index (χ0n) is 20.8. The van der Waals surface area contributed by atoms with E-state index < -0.39 is 0 Å². The maximum atomic E-state index is 12.8. The molecule has 0 saturated carbocycles. The van der Waals surface area contributed by atoms with E-state index in [4.69, 9.17) is 4.98 Å². The van der Waals surface area contributed by atoms with Crippen molar-refractivity contribution in [2.24, 2.45) is 0 Å². The molecular formula is C30H27N5OS. The Kier molecular flexibility index (Phi) is 7.14. The van der Waals surface area contributed by atoms with Crippen LogP contribution in [0.3, 0.4) is 0 Å². The highest BCUT2D eigenvalue weighted by Crippen LogP contribution is 2.33. The van der Waals surface area contributed by atoms with Gasteiger partial charge < -0.3 is 5.32 Å². The van der Waals surface area contributed by atoms with Gasteiger partial charge in [-0.1, -0.05) is 78.5 Å². The fourth-order valence-electron chi connectivity index (χ4n) is 4.19. The Morgan fingerprint density at radius 2 is 1.78 bits per heavy atom. The van der Waals surface area contributed by atoms with Gasteiger partial charge in [-0.3, -0.25) is 9.36 Å². The molecule has 0 aliphatic heterocycles. The number of carbonyl (C=O) groups excluding carboxylic acids is 1. The quantitative estimate of drug-likeness (QED) is 0.188. The van der Waals surface area contributed by atoms with Crippen molar-refractivity contribution in [2.75, 3.05) is 11.1 Å². The molecule has 1 N–H and O–H groups in total. The standard InChI is InChI=1S/C30H27N5OS/c1-4-16-35-29(33-34-30(35)37-19-28(36)32-26-17-20(2)14-15-21(26)3)24-18-27(22-10-6-5-7-11-22)31-25-13-9-8-12-23(24)25/h4-15,17-18H,1,16,19H2,2-3H3,(H,32,36). The lowest BCUT2D eigenvalue weighted by molar-refractivity contribution is -0.113. The lowest BCUT2D eigenvalue weighted by atomic mass is 10.0. The fourth-order valence-corrected chi connectivity index (χ4v) is 4.94. The number of pyridine rings is 1. The van der Waals surface area contributed by atoms with E-state index in [0.717, 1.165) is 44.5 Å². The average molecular weight is 506 g/mol. The van der Waals surface area contributed by atoms with Crippen LogP contribution < -0.4 is 5.32 Å². The topological polar surface area (TPSA) is 72.7 Å². The number of nitrogens with one attached hydrogen (secondary N) is 1. The van der Waals surface area contributed by atoms with Gasteiger partial charge in [0.15, 0.2) is 11.0 Å². The van der Waals surface area contributed by atoms with Gasteiger partial charge in [-0.15, -0.1) is 16.8 Å². The molecule has 0 atom stereocenters. The molecule has 0 fully saturated rings. The number of benzene rings is 3. The third-order valence-corrected chi connectivity index (χ3v) is 7.02. The number of para-hydroxylation sites is 1. The predicted octanol–water partition coefficient (Wildman–Crippen LogP) is 6.69. The van der Waals surface area contributed by atoms with Gasteiger partial charge >= 0.3 is 0 Å². The number of allylic oxidation sites excluding steroid dienone is 1. The Hall–Kier alpha value is -4.23. The molecule has 5 rings (SSSR count). The summed E-state index contributed by atoms with van der Waals surface area (Å²) in [6, 6.07) is 26.2. The maximum absolute atomic E-state index is 12.8. The third-order valence-electron chi connectivity index (χ3n) is 6.05. The first-order valence-electron chi connectivity index (χ1n) is 12.0. The van der Waals surface area contributed by atoms with Crippen molar-refractivity contribution in [3.63, 3.8) is 0 Å². The van der Waals surface area contributed by atoms with Crippen molar-refractivity contribution in [1.29, 1.82) is 0 Å². The van der Waals surface area contributed by atoms with Gasteiger partial charge in [0.25, 0.3) is 0 Å². The largest absolute Gasteiger partial charge is 0.325 e. The van der Waals surface area contributed by atoms with Gasteiger partial charge in [0.1, 0.15) is 0 Å². The summed E-state index contributed by atoms with van der Waals surface area (Å²) in [4.78, 5) is 17.6. The third kappa shape index (κ3) is 5.32. The molecule has 37 heavy (non-hydrogen) atoms. The minimum atomic E-state index is -0.0888. The predicted molar refractivity (Wildman–Crippen MR) is 152 cm³/mol. The van der Waals surface area contributed by atoms with E-state index in [1.54, 1.807) is 0 Å². The molecule has 5 aromatic rings. The van der Waals surface area contributed by atoms with E-state index in [9.17, 15) is 4.79 Å². The second-order valence-electron chi connectivity index (χ2n) is 8.80. The van der Waals surface area contributed by atoms with Crippen molar-refractivity contribution < 1.29 is 4.79 Å². The number of fused-ring (bicyclic) bond motifs is 1. The molecule has 184 valence electrons. The summed E-state index contributed by atoms with van der Waals surface area (Å²) in [5, 5.41) is 13.7. The molecule has 3 aromatic carbocycles. The van der Waals surface area contributed by atoms with Gasteiger partial charge in [0.05, 0.1) is 17.0 Å². The van der Waals surface area contributed by atoms with Crippen LogP contribution >= 0.6 is 11.8 Å². The Morgan fingerprint density at radius 3 is 2.59 bits per heavy atom. The molecule has 0 unspecified atom stereocenters. The van der Waals surface area contributed by atoms with E-state index in [-0.39, 0.29) is 11.7 Å². The molecule has 1 amide bonds. The Morgan fingerprint density at radius 1 is 1.00 bits per heavy atom. The summed E-state index contributed by atoms with van der Waals surface area (Å²) in [6.07, 6.45) is 1.81. The van der Waals surface area contributed by atoms with Crippen LogP contribution in [0.2, 0.25) is 0 Å². The van der Waals surface area contributed by atoms with Crippen LogP contribution in [0, 0.1) is 13.8 Å². The Balaban J connectivity index is 1.48. The molecule has 2 heterocycles. The fraction of sp³-hybridized carbons (Fsp3) is 0.133. The molecule has 0 aliphatic rings. The van der Waals surface area contributed by atoms with Gasteiger partial charge in [0, 0.05) is 28.7 Å². The van der Waals surface area contributed by atoms with Gasteiger partial charge in [-0.25, -0.2) is 4.98 Å². The van der Waals surface area contributed by atoms with Crippen LogP contribution in [0.25, 0.3) is 33.5 Å². The number of aryl methyl sites for hydroxylation is 2. The normalized spacial score (nSPS) is 11.0. The van der Waals surface area contributed by atoms with Crippen LogP contribution in [0.15, 0.2) is 96.7 Å². The Bertz CT molecular complexity index is 1590. The maximum Gasteiger partial charge on any atom is 0.234 e. The lowest BCUT2D eigenvalue weighted by Crippen LogP contribution is -2.15. The highest BCUT2D eigenvalue weighted by molar-refractivity contribution is 7.99. The van der Waals surface area contributed by atoms with Crippen LogP contribution in [0.5, 0.6) is 0 Å². The summed E-state index contributed by atoms with van der Waals surface area (Å²) < 4.78 is 2.00. The monoisotopic (exact) mass is 505 g/mol. The number of thioether (sulfide) groups is 1. The smallest absolute Gasteiger partial charge is 0.234 e. The highest BCUT2D eigenvalue weighted by atomic mass is 32.2. The van der Waals surface area contributed by atoms with Crippen LogP contribution in [0.4, 0.5) is 5.69 Å². The SMILES string of the molecule is C=CCn1c(SCC(=O)Nc2cc(C)ccc2C)nnc1-c1cc(-c2ccccc2)nc2ccccc12. The van der Waals surface area contributed by atoms with Crippen molar-refractivity contribution in [3.8, 4) is 22.6 Å². The second-order valence-corrected chi connectivity index (χ2v) is 9.74. The van der Waals surface area contributed by atoms with Gasteiger partial charge in [-0.2, -0.15) is 0 Å². The van der Waals surface area contributed by atoms with E-state index in [0.29, 0.717) is 17.5 Å². The van der Waals surface area contributed by atoms with Crippen molar-refractivity contribution in [3.05, 3.63) is 103 Å². The molecule has 7 heteroatoms. The zero-order valence-corrected chi connectivity index (χ0v) is 21.6. The number of nitrogens with zero attached hydrogens (tertiary/aromatic N) is 4. The molecule has 0 radical (unpaired) electrons. The first kappa shape index (κ1) is 24.5.